The Labute approximate surface area is 210 Å². The number of rotatable bonds is 12. The number of hydrogen-bond donors (Lipinski definition) is 1. The SMILES string of the molecule is CCOc1ccc(CCC(=O)N(Cc2ccccc2)[C@H](C)C(=O)NC2CCCCC2)cc1OCC. The summed E-state index contributed by atoms with van der Waals surface area (Å²) in [7, 11) is 0. The zero-order valence-corrected chi connectivity index (χ0v) is 21.4. The van der Waals surface area contributed by atoms with Gasteiger partial charge in [0.05, 0.1) is 13.2 Å². The quantitative estimate of drug-likeness (QED) is 0.449. The maximum Gasteiger partial charge on any atom is 0.242 e. The first-order chi connectivity index (χ1) is 17.0. The fourth-order valence-electron chi connectivity index (χ4n) is 4.58. The van der Waals surface area contributed by atoms with Crippen LogP contribution in [0.15, 0.2) is 48.5 Å². The number of carbonyl (C=O) groups is 2. The van der Waals surface area contributed by atoms with Gasteiger partial charge in [0, 0.05) is 19.0 Å². The molecule has 190 valence electrons. The van der Waals surface area contributed by atoms with Crippen LogP contribution in [0.1, 0.15) is 70.4 Å². The predicted octanol–water partition coefficient (Wildman–Crippen LogP) is 5.28. The molecule has 2 amide bonds. The first-order valence-corrected chi connectivity index (χ1v) is 13.0. The molecule has 1 N–H and O–H groups in total. The van der Waals surface area contributed by atoms with Gasteiger partial charge in [-0.15, -0.1) is 0 Å². The molecule has 2 aromatic rings. The van der Waals surface area contributed by atoms with E-state index in [1.807, 2.05) is 69.3 Å². The third-order valence-corrected chi connectivity index (χ3v) is 6.55. The van der Waals surface area contributed by atoms with Crippen molar-refractivity contribution in [3.63, 3.8) is 0 Å². The molecule has 1 fully saturated rings. The molecule has 35 heavy (non-hydrogen) atoms. The van der Waals surface area contributed by atoms with Crippen molar-refractivity contribution < 1.29 is 19.1 Å². The lowest BCUT2D eigenvalue weighted by atomic mass is 9.95. The molecule has 0 aromatic heterocycles. The van der Waals surface area contributed by atoms with Gasteiger partial charge in [0.15, 0.2) is 11.5 Å². The van der Waals surface area contributed by atoms with Crippen LogP contribution < -0.4 is 14.8 Å². The van der Waals surface area contributed by atoms with Crippen molar-refractivity contribution in [2.75, 3.05) is 13.2 Å². The van der Waals surface area contributed by atoms with Crippen molar-refractivity contribution in [1.29, 1.82) is 0 Å². The molecule has 0 radical (unpaired) electrons. The standard InChI is InChI=1S/C29H40N2O4/c1-4-34-26-18-16-23(20-27(26)35-5-2)17-19-28(32)31(21-24-12-8-6-9-13-24)22(3)29(33)30-25-14-10-7-11-15-25/h6,8-9,12-13,16,18,20,22,25H,4-5,7,10-11,14-15,17,19,21H2,1-3H3,(H,30,33)/t22-/m1/s1. The van der Waals surface area contributed by atoms with Gasteiger partial charge in [-0.3, -0.25) is 9.59 Å². The van der Waals surface area contributed by atoms with Crippen LogP contribution in [0.2, 0.25) is 0 Å². The summed E-state index contributed by atoms with van der Waals surface area (Å²) in [5, 5.41) is 3.19. The monoisotopic (exact) mass is 480 g/mol. The summed E-state index contributed by atoms with van der Waals surface area (Å²) in [6, 6.07) is 15.4. The van der Waals surface area contributed by atoms with Crippen LogP contribution in [0.4, 0.5) is 0 Å². The van der Waals surface area contributed by atoms with Crippen LogP contribution in [0, 0.1) is 0 Å². The fraction of sp³-hybridized carbons (Fsp3) is 0.517. The maximum absolute atomic E-state index is 13.4. The molecule has 0 unspecified atom stereocenters. The Hall–Kier alpha value is -3.02. The molecule has 0 spiro atoms. The minimum atomic E-state index is -0.538. The van der Waals surface area contributed by atoms with E-state index in [1.54, 1.807) is 4.90 Å². The number of nitrogens with one attached hydrogen (secondary N) is 1. The van der Waals surface area contributed by atoms with E-state index >= 15 is 0 Å². The molecule has 0 bridgehead atoms. The van der Waals surface area contributed by atoms with Gasteiger partial charge in [0.25, 0.3) is 0 Å². The third kappa shape index (κ3) is 8.01. The molecule has 6 heteroatoms. The lowest BCUT2D eigenvalue weighted by Crippen LogP contribution is -2.50. The first kappa shape index (κ1) is 26.6. The average Bonchev–Trinajstić information content (AvgIpc) is 2.88. The molecule has 0 aliphatic heterocycles. The Morgan fingerprint density at radius 1 is 0.943 bits per heavy atom. The lowest BCUT2D eigenvalue weighted by Gasteiger charge is -2.31. The Morgan fingerprint density at radius 3 is 2.31 bits per heavy atom. The second kappa shape index (κ2) is 13.8. The van der Waals surface area contributed by atoms with E-state index in [0.717, 1.165) is 36.8 Å². The second-order valence-corrected chi connectivity index (χ2v) is 9.17. The number of amides is 2. The van der Waals surface area contributed by atoms with Gasteiger partial charge in [-0.25, -0.2) is 0 Å². The molecule has 0 heterocycles. The molecular formula is C29H40N2O4. The van der Waals surface area contributed by atoms with Crippen LogP contribution >= 0.6 is 0 Å². The minimum Gasteiger partial charge on any atom is -0.490 e. The van der Waals surface area contributed by atoms with Crippen molar-refractivity contribution in [2.24, 2.45) is 0 Å². The van der Waals surface area contributed by atoms with E-state index in [2.05, 4.69) is 5.32 Å². The van der Waals surface area contributed by atoms with Gasteiger partial charge in [0.2, 0.25) is 11.8 Å². The molecule has 1 aliphatic rings. The molecule has 0 saturated heterocycles. The third-order valence-electron chi connectivity index (χ3n) is 6.55. The van der Waals surface area contributed by atoms with Crippen molar-refractivity contribution >= 4 is 11.8 Å². The number of nitrogens with zero attached hydrogens (tertiary/aromatic N) is 1. The summed E-state index contributed by atoms with van der Waals surface area (Å²) in [5.41, 5.74) is 2.02. The van der Waals surface area contributed by atoms with E-state index in [-0.39, 0.29) is 17.9 Å². The van der Waals surface area contributed by atoms with Crippen molar-refractivity contribution in [3.05, 3.63) is 59.7 Å². The summed E-state index contributed by atoms with van der Waals surface area (Å²) in [4.78, 5) is 28.2. The number of benzene rings is 2. The molecule has 1 atom stereocenters. The topological polar surface area (TPSA) is 67.9 Å². The van der Waals surface area contributed by atoms with Crippen LogP contribution in [0.25, 0.3) is 0 Å². The molecule has 2 aromatic carbocycles. The zero-order valence-electron chi connectivity index (χ0n) is 21.4. The molecule has 1 aliphatic carbocycles. The van der Waals surface area contributed by atoms with Gasteiger partial charge < -0.3 is 19.7 Å². The van der Waals surface area contributed by atoms with Crippen molar-refractivity contribution in [2.45, 2.75) is 84.3 Å². The summed E-state index contributed by atoms with van der Waals surface area (Å²) >= 11 is 0. The summed E-state index contributed by atoms with van der Waals surface area (Å²) in [6.07, 6.45) is 6.45. The zero-order chi connectivity index (χ0) is 25.0. The van der Waals surface area contributed by atoms with Crippen LogP contribution in [0.5, 0.6) is 11.5 Å². The second-order valence-electron chi connectivity index (χ2n) is 9.17. The normalized spacial score (nSPS) is 14.7. The van der Waals surface area contributed by atoms with Gasteiger partial charge in [-0.2, -0.15) is 0 Å². The molecular weight excluding hydrogens is 440 g/mol. The average molecular weight is 481 g/mol. The number of hydrogen-bond acceptors (Lipinski definition) is 4. The molecule has 3 rings (SSSR count). The largest absolute Gasteiger partial charge is 0.490 e. The highest BCUT2D eigenvalue weighted by molar-refractivity contribution is 5.87. The van der Waals surface area contributed by atoms with Crippen LogP contribution in [0.3, 0.4) is 0 Å². The van der Waals surface area contributed by atoms with Gasteiger partial charge >= 0.3 is 0 Å². The van der Waals surface area contributed by atoms with E-state index < -0.39 is 6.04 Å². The highest BCUT2D eigenvalue weighted by Gasteiger charge is 2.28. The Balaban J connectivity index is 1.70. The Kier molecular flexibility index (Phi) is 10.5. The number of aryl methyl sites for hydroxylation is 1. The molecule has 1 saturated carbocycles. The summed E-state index contributed by atoms with van der Waals surface area (Å²) < 4.78 is 11.4. The van der Waals surface area contributed by atoms with E-state index in [0.29, 0.717) is 44.1 Å². The fourth-order valence-corrected chi connectivity index (χ4v) is 4.58. The lowest BCUT2D eigenvalue weighted by molar-refractivity contribution is -0.141. The van der Waals surface area contributed by atoms with Gasteiger partial charge in [0.1, 0.15) is 6.04 Å². The predicted molar refractivity (Wildman–Crippen MR) is 139 cm³/mol. The Morgan fingerprint density at radius 2 is 1.63 bits per heavy atom. The minimum absolute atomic E-state index is 0.0352. The van der Waals surface area contributed by atoms with E-state index in [4.69, 9.17) is 9.47 Å². The van der Waals surface area contributed by atoms with Crippen LogP contribution in [-0.4, -0.2) is 42.0 Å². The Bertz CT molecular complexity index is 941. The number of carbonyl (C=O) groups excluding carboxylic acids is 2. The van der Waals surface area contributed by atoms with Crippen LogP contribution in [-0.2, 0) is 22.6 Å². The highest BCUT2D eigenvalue weighted by Crippen LogP contribution is 2.29. The van der Waals surface area contributed by atoms with Gasteiger partial charge in [-0.1, -0.05) is 55.7 Å². The highest BCUT2D eigenvalue weighted by atomic mass is 16.5. The smallest absolute Gasteiger partial charge is 0.242 e. The summed E-state index contributed by atoms with van der Waals surface area (Å²) in [6.45, 7) is 7.23. The summed E-state index contributed by atoms with van der Waals surface area (Å²) in [5.74, 6) is 1.30. The van der Waals surface area contributed by atoms with E-state index in [9.17, 15) is 9.59 Å². The maximum atomic E-state index is 13.4. The first-order valence-electron chi connectivity index (χ1n) is 13.0. The molecule has 6 nitrogen and oxygen atoms in total. The van der Waals surface area contributed by atoms with Crippen molar-refractivity contribution in [1.82, 2.24) is 10.2 Å². The van der Waals surface area contributed by atoms with Crippen molar-refractivity contribution in [3.8, 4) is 11.5 Å². The van der Waals surface area contributed by atoms with E-state index in [1.165, 1.54) is 6.42 Å². The van der Waals surface area contributed by atoms with Gasteiger partial charge in [-0.05, 0) is 63.3 Å². The number of ether oxygens (including phenoxy) is 2.